The van der Waals surface area contributed by atoms with Crippen LogP contribution in [-0.4, -0.2) is 16.1 Å². The normalized spacial score (nSPS) is 14.2. The number of rotatable bonds is 3. The van der Waals surface area contributed by atoms with Crippen LogP contribution in [0.2, 0.25) is 0 Å². The van der Waals surface area contributed by atoms with Crippen LogP contribution in [0.15, 0.2) is 42.6 Å². The molecule has 0 bridgehead atoms. The Labute approximate surface area is 131 Å². The second-order valence-corrected chi connectivity index (χ2v) is 6.10. The highest BCUT2D eigenvalue weighted by atomic mass is 15.0. The van der Waals surface area contributed by atoms with Gasteiger partial charge >= 0.3 is 0 Å². The van der Waals surface area contributed by atoms with E-state index in [4.69, 9.17) is 0 Å². The first kappa shape index (κ1) is 13.5. The number of aromatic nitrogens is 2. The van der Waals surface area contributed by atoms with Gasteiger partial charge in [-0.15, -0.1) is 0 Å². The summed E-state index contributed by atoms with van der Waals surface area (Å²) in [5.41, 5.74) is 6.87. The smallest absolute Gasteiger partial charge is 0.0486 e. The fourth-order valence-electron chi connectivity index (χ4n) is 3.52. The quantitative estimate of drug-likeness (QED) is 0.803. The van der Waals surface area contributed by atoms with Crippen molar-refractivity contribution >= 4 is 10.9 Å². The van der Waals surface area contributed by atoms with E-state index in [1.165, 1.54) is 33.4 Å². The van der Waals surface area contributed by atoms with Crippen LogP contribution in [0.3, 0.4) is 0 Å². The maximum absolute atomic E-state index is 4.46. The number of benzene rings is 1. The van der Waals surface area contributed by atoms with Gasteiger partial charge in [-0.25, -0.2) is 0 Å². The van der Waals surface area contributed by atoms with Gasteiger partial charge in [-0.1, -0.05) is 17.7 Å². The van der Waals surface area contributed by atoms with Gasteiger partial charge in [-0.05, 0) is 36.8 Å². The minimum Gasteiger partial charge on any atom is -0.344 e. The van der Waals surface area contributed by atoms with Crippen LogP contribution in [0.25, 0.3) is 10.9 Å². The van der Waals surface area contributed by atoms with Crippen molar-refractivity contribution in [2.45, 2.75) is 32.9 Å². The van der Waals surface area contributed by atoms with E-state index in [1.807, 2.05) is 12.3 Å². The molecule has 22 heavy (non-hydrogen) atoms. The van der Waals surface area contributed by atoms with Crippen LogP contribution in [0.4, 0.5) is 0 Å². The summed E-state index contributed by atoms with van der Waals surface area (Å²) in [7, 11) is 0. The molecule has 112 valence electrons. The summed E-state index contributed by atoms with van der Waals surface area (Å²) in [5, 5.41) is 4.93. The predicted molar refractivity (Wildman–Crippen MR) is 90.0 cm³/mol. The molecule has 4 rings (SSSR count). The van der Waals surface area contributed by atoms with Gasteiger partial charge in [0.15, 0.2) is 0 Å². The van der Waals surface area contributed by atoms with Crippen molar-refractivity contribution in [3.8, 4) is 0 Å². The van der Waals surface area contributed by atoms with Gasteiger partial charge in [0.2, 0.25) is 0 Å². The van der Waals surface area contributed by atoms with Gasteiger partial charge < -0.3 is 9.88 Å². The van der Waals surface area contributed by atoms with Crippen LogP contribution in [0.1, 0.15) is 22.5 Å². The lowest BCUT2D eigenvalue weighted by molar-refractivity contribution is 0.592. The fraction of sp³-hybridized carbons (Fsp3) is 0.316. The first-order valence-electron chi connectivity index (χ1n) is 8.04. The topological polar surface area (TPSA) is 29.9 Å². The Morgan fingerprint density at radius 2 is 2.18 bits per heavy atom. The number of pyridine rings is 1. The zero-order valence-corrected chi connectivity index (χ0v) is 13.0. The molecule has 3 nitrogen and oxygen atoms in total. The molecule has 0 amide bonds. The summed E-state index contributed by atoms with van der Waals surface area (Å²) in [6, 6.07) is 13.0. The highest BCUT2D eigenvalue weighted by molar-refractivity contribution is 5.86. The SMILES string of the molecule is Cc1ccc2c(c1)c1c(n2CCc2ccccn2)CCNC1. The number of nitrogens with zero attached hydrogens (tertiary/aromatic N) is 2. The average Bonchev–Trinajstić information content (AvgIpc) is 2.87. The number of fused-ring (bicyclic) bond motifs is 3. The molecule has 0 radical (unpaired) electrons. The number of hydrogen-bond donors (Lipinski definition) is 1. The van der Waals surface area contributed by atoms with Gasteiger partial charge in [-0.3, -0.25) is 4.98 Å². The van der Waals surface area contributed by atoms with E-state index < -0.39 is 0 Å². The second kappa shape index (κ2) is 5.58. The standard InChI is InChI=1S/C19H21N3/c1-14-5-6-18-16(12-14)17-13-20-10-7-19(17)22(18)11-8-15-4-2-3-9-21-15/h2-6,9,12,20H,7-8,10-11,13H2,1H3. The Morgan fingerprint density at radius 1 is 1.23 bits per heavy atom. The van der Waals surface area contributed by atoms with Crippen LogP contribution in [0.5, 0.6) is 0 Å². The van der Waals surface area contributed by atoms with Crippen molar-refractivity contribution < 1.29 is 0 Å². The van der Waals surface area contributed by atoms with Crippen LogP contribution >= 0.6 is 0 Å². The number of hydrogen-bond acceptors (Lipinski definition) is 2. The molecule has 3 heteroatoms. The number of aryl methyl sites for hydroxylation is 3. The third kappa shape index (κ3) is 2.32. The van der Waals surface area contributed by atoms with Gasteiger partial charge in [0, 0.05) is 61.0 Å². The third-order valence-electron chi connectivity index (χ3n) is 4.60. The molecular weight excluding hydrogens is 270 g/mol. The summed E-state index contributed by atoms with van der Waals surface area (Å²) in [6.07, 6.45) is 3.98. The molecule has 1 N–H and O–H groups in total. The molecule has 1 aromatic carbocycles. The maximum atomic E-state index is 4.46. The molecule has 1 aliphatic heterocycles. The maximum Gasteiger partial charge on any atom is 0.0486 e. The largest absolute Gasteiger partial charge is 0.344 e. The molecule has 2 aromatic heterocycles. The molecule has 0 unspecified atom stereocenters. The lowest BCUT2D eigenvalue weighted by Crippen LogP contribution is -2.24. The minimum absolute atomic E-state index is 0.984. The van der Waals surface area contributed by atoms with Crippen molar-refractivity contribution in [2.75, 3.05) is 6.54 Å². The Morgan fingerprint density at radius 3 is 3.05 bits per heavy atom. The first-order valence-corrected chi connectivity index (χ1v) is 8.04. The zero-order chi connectivity index (χ0) is 14.9. The van der Waals surface area contributed by atoms with E-state index in [2.05, 4.69) is 52.1 Å². The highest BCUT2D eigenvalue weighted by Crippen LogP contribution is 2.29. The highest BCUT2D eigenvalue weighted by Gasteiger charge is 2.19. The molecule has 0 saturated carbocycles. The molecule has 0 fully saturated rings. The van der Waals surface area contributed by atoms with E-state index in [0.29, 0.717) is 0 Å². The van der Waals surface area contributed by atoms with E-state index in [-0.39, 0.29) is 0 Å². The Bertz CT molecular complexity index is 802. The Balaban J connectivity index is 1.76. The summed E-state index contributed by atoms with van der Waals surface area (Å²) in [5.74, 6) is 0. The van der Waals surface area contributed by atoms with Crippen LogP contribution < -0.4 is 5.32 Å². The summed E-state index contributed by atoms with van der Waals surface area (Å²) in [4.78, 5) is 4.46. The average molecular weight is 291 g/mol. The molecule has 0 saturated heterocycles. The van der Waals surface area contributed by atoms with Gasteiger partial charge in [0.25, 0.3) is 0 Å². The van der Waals surface area contributed by atoms with Crippen molar-refractivity contribution in [1.82, 2.24) is 14.9 Å². The molecule has 3 heterocycles. The zero-order valence-electron chi connectivity index (χ0n) is 13.0. The number of nitrogens with one attached hydrogen (secondary N) is 1. The first-order chi connectivity index (χ1) is 10.8. The molecule has 0 aliphatic carbocycles. The van der Waals surface area contributed by atoms with Crippen molar-refractivity contribution in [1.29, 1.82) is 0 Å². The van der Waals surface area contributed by atoms with E-state index in [0.717, 1.165) is 32.5 Å². The minimum atomic E-state index is 0.984. The van der Waals surface area contributed by atoms with E-state index >= 15 is 0 Å². The van der Waals surface area contributed by atoms with Crippen molar-refractivity contribution in [2.24, 2.45) is 0 Å². The molecule has 0 spiro atoms. The van der Waals surface area contributed by atoms with Crippen molar-refractivity contribution in [3.05, 3.63) is 65.1 Å². The lowest BCUT2D eigenvalue weighted by atomic mass is 10.0. The van der Waals surface area contributed by atoms with Crippen LogP contribution in [0, 0.1) is 6.92 Å². The summed E-state index contributed by atoms with van der Waals surface area (Å²) < 4.78 is 2.51. The molecular formula is C19H21N3. The van der Waals surface area contributed by atoms with Crippen LogP contribution in [-0.2, 0) is 25.9 Å². The predicted octanol–water partition coefficient (Wildman–Crippen LogP) is 3.23. The third-order valence-corrected chi connectivity index (χ3v) is 4.60. The monoisotopic (exact) mass is 291 g/mol. The summed E-state index contributed by atoms with van der Waals surface area (Å²) >= 11 is 0. The van der Waals surface area contributed by atoms with E-state index in [1.54, 1.807) is 0 Å². The summed E-state index contributed by atoms with van der Waals surface area (Å²) in [6.45, 7) is 5.25. The molecule has 0 atom stereocenters. The van der Waals surface area contributed by atoms with Gasteiger partial charge in [0.05, 0.1) is 0 Å². The van der Waals surface area contributed by atoms with E-state index in [9.17, 15) is 0 Å². The Hall–Kier alpha value is -2.13. The fourth-order valence-corrected chi connectivity index (χ4v) is 3.52. The van der Waals surface area contributed by atoms with Gasteiger partial charge in [-0.2, -0.15) is 0 Å². The molecule has 3 aromatic rings. The van der Waals surface area contributed by atoms with Crippen molar-refractivity contribution in [3.63, 3.8) is 0 Å². The second-order valence-electron chi connectivity index (χ2n) is 6.10. The van der Waals surface area contributed by atoms with Gasteiger partial charge in [0.1, 0.15) is 0 Å². The Kier molecular flexibility index (Phi) is 3.43. The molecule has 1 aliphatic rings. The lowest BCUT2D eigenvalue weighted by Gasteiger charge is -2.17.